The Labute approximate surface area is 209 Å². The van der Waals surface area contributed by atoms with Gasteiger partial charge in [-0.25, -0.2) is 0 Å². The molecule has 1 aromatic rings. The third-order valence-corrected chi connectivity index (χ3v) is 3.20. The van der Waals surface area contributed by atoms with Crippen LogP contribution in [0.2, 0.25) is 0 Å². The van der Waals surface area contributed by atoms with Crippen molar-refractivity contribution in [2.75, 3.05) is 42.3 Å². The number of halogens is 1. The molecule has 0 aliphatic heterocycles. The van der Waals surface area contributed by atoms with Gasteiger partial charge in [-0.15, -0.1) is 0 Å². The van der Waals surface area contributed by atoms with E-state index in [0.29, 0.717) is 11.8 Å². The van der Waals surface area contributed by atoms with Crippen molar-refractivity contribution in [1.82, 2.24) is 0 Å². The van der Waals surface area contributed by atoms with Crippen LogP contribution in [0, 0.1) is 5.41 Å². The summed E-state index contributed by atoms with van der Waals surface area (Å²) in [5.41, 5.74) is 2.76. The molecule has 0 saturated carbocycles. The summed E-state index contributed by atoms with van der Waals surface area (Å²) in [5.74, 6) is 0.679. The van der Waals surface area contributed by atoms with E-state index in [9.17, 15) is 5.11 Å². The molecule has 1 aromatic carbocycles. The predicted molar refractivity (Wildman–Crippen MR) is 127 cm³/mol. The number of nitrogens with zero attached hydrogens (tertiary/aromatic N) is 4. The summed E-state index contributed by atoms with van der Waals surface area (Å²) < 4.78 is 0. The summed E-state index contributed by atoms with van der Waals surface area (Å²) in [6.07, 6.45) is 0. The van der Waals surface area contributed by atoms with Crippen LogP contribution in [0.4, 0.5) is 5.69 Å². The Kier molecular flexibility index (Phi) is 31.0. The van der Waals surface area contributed by atoms with Crippen LogP contribution in [-0.2, 0) is 22.4 Å². The van der Waals surface area contributed by atoms with Gasteiger partial charge < -0.3 is 33.5 Å². The molecule has 0 heterocycles. The van der Waals surface area contributed by atoms with Gasteiger partial charge >= 0.3 is 22.4 Å². The van der Waals surface area contributed by atoms with E-state index in [1.807, 2.05) is 20.8 Å². The molecule has 7 heteroatoms. The third-order valence-electron chi connectivity index (χ3n) is 3.20. The zero-order valence-electron chi connectivity index (χ0n) is 21.4. The summed E-state index contributed by atoms with van der Waals surface area (Å²) in [5, 5.41) is 22.7. The molecule has 1 rings (SSSR count). The molecule has 0 bridgehead atoms. The van der Waals surface area contributed by atoms with Crippen LogP contribution in [0.25, 0.3) is 16.0 Å². The van der Waals surface area contributed by atoms with E-state index in [1.54, 1.807) is 42.3 Å². The first-order valence-corrected chi connectivity index (χ1v) is 9.72. The van der Waals surface area contributed by atoms with E-state index in [1.165, 1.54) is 0 Å². The van der Waals surface area contributed by atoms with Crippen molar-refractivity contribution < 1.29 is 39.9 Å². The molecule has 0 fully saturated rings. The summed E-state index contributed by atoms with van der Waals surface area (Å²) in [6.45, 7) is 14.3. The Morgan fingerprint density at radius 3 is 1.27 bits per heavy atom. The Bertz CT molecular complexity index is 499. The first kappa shape index (κ1) is 40.0. The second-order valence-electron chi connectivity index (χ2n) is 8.10. The van der Waals surface area contributed by atoms with Crippen LogP contribution < -0.4 is 17.5 Å². The second kappa shape index (κ2) is 23.3. The van der Waals surface area contributed by atoms with Gasteiger partial charge in [0, 0.05) is 0 Å². The Hall–Kier alpha value is -0.400. The zero-order valence-corrected chi connectivity index (χ0v) is 25.4. The molecule has 0 saturated heterocycles. The van der Waals surface area contributed by atoms with Gasteiger partial charge in [-0.1, -0.05) is 66.7 Å². The maximum Gasteiger partial charge on any atom is 5.00 e. The van der Waals surface area contributed by atoms with Gasteiger partial charge in [-0.3, -0.25) is 4.99 Å². The molecule has 0 aliphatic carbocycles. The standard InChI is InChI=1S/C17H27NO.3C2H6N.ClH.Ta/c1-11(2)13-9-8-10-14(12(3)4)15(13)18-16(19)17(5,6)7;3*1-3-2;;/h8-12H,1-7H3,(H,18,19);3*1-2H3;1H;/q;3*-1;;+5/p-2. The first-order valence-electron chi connectivity index (χ1n) is 9.72. The average Bonchev–Trinajstić information content (AvgIpc) is 2.55. The number of rotatable bonds is 3. The van der Waals surface area contributed by atoms with Gasteiger partial charge in [0.1, 0.15) is 0 Å². The molecule has 5 nitrogen and oxygen atoms in total. The van der Waals surface area contributed by atoms with E-state index in [-0.39, 0.29) is 40.7 Å². The molecule has 30 heavy (non-hydrogen) atoms. The predicted octanol–water partition coefficient (Wildman–Crippen LogP) is 3.23. The molecule has 0 aliphatic rings. The minimum Gasteiger partial charge on any atom is -1.00 e. The molecule has 0 radical (unpaired) electrons. The quantitative estimate of drug-likeness (QED) is 0.384. The van der Waals surface area contributed by atoms with Crippen LogP contribution in [-0.4, -0.2) is 48.2 Å². The Morgan fingerprint density at radius 1 is 0.800 bits per heavy atom. The van der Waals surface area contributed by atoms with Crippen molar-refractivity contribution in [2.24, 2.45) is 10.4 Å². The normalized spacial score (nSPS) is 10.3. The number of aliphatic imine (C=N–C) groups is 1. The van der Waals surface area contributed by atoms with Crippen molar-refractivity contribution in [3.05, 3.63) is 45.3 Å². The fourth-order valence-electron chi connectivity index (χ4n) is 1.91. The fourth-order valence-corrected chi connectivity index (χ4v) is 1.91. The monoisotopic (exact) mass is 608 g/mol. The number of hydrogen-bond acceptors (Lipinski definition) is 2. The number of para-hydroxylation sites is 1. The summed E-state index contributed by atoms with van der Waals surface area (Å²) in [6, 6.07) is 6.21. The minimum atomic E-state index is -0.432. The van der Waals surface area contributed by atoms with E-state index in [2.05, 4.69) is 66.8 Å². The minimum absolute atomic E-state index is 0. The molecule has 174 valence electrons. The molecule has 0 unspecified atom stereocenters. The Morgan fingerprint density at radius 2 is 1.07 bits per heavy atom. The van der Waals surface area contributed by atoms with Crippen LogP contribution in [0.1, 0.15) is 71.4 Å². The maximum absolute atomic E-state index is 12.2. The molecular formula is C23H44ClN4OTa. The molecular weight excluding hydrogens is 565 g/mol. The van der Waals surface area contributed by atoms with Crippen LogP contribution in [0.5, 0.6) is 0 Å². The number of hydrogen-bond donors (Lipinski definition) is 0. The Balaban J connectivity index is -0.000000162. The van der Waals surface area contributed by atoms with Crippen molar-refractivity contribution in [1.29, 1.82) is 0 Å². The van der Waals surface area contributed by atoms with Crippen LogP contribution >= 0.6 is 0 Å². The van der Waals surface area contributed by atoms with Crippen molar-refractivity contribution >= 4 is 11.6 Å². The van der Waals surface area contributed by atoms with Crippen LogP contribution in [0.15, 0.2) is 23.2 Å². The summed E-state index contributed by atoms with van der Waals surface area (Å²) in [4.78, 5) is 4.43. The van der Waals surface area contributed by atoms with Crippen molar-refractivity contribution in [3.8, 4) is 0 Å². The van der Waals surface area contributed by atoms with Gasteiger partial charge in [0.05, 0.1) is 5.69 Å². The largest absolute Gasteiger partial charge is 5.00 e. The van der Waals surface area contributed by atoms with Crippen LogP contribution in [0.3, 0.4) is 0 Å². The van der Waals surface area contributed by atoms with Gasteiger partial charge in [-0.2, -0.15) is 42.3 Å². The average molecular weight is 609 g/mol. The second-order valence-corrected chi connectivity index (χ2v) is 8.10. The summed E-state index contributed by atoms with van der Waals surface area (Å²) in [7, 11) is 10.5. The summed E-state index contributed by atoms with van der Waals surface area (Å²) >= 11 is 0. The molecule has 0 aromatic heterocycles. The van der Waals surface area contributed by atoms with Crippen molar-refractivity contribution in [3.63, 3.8) is 0 Å². The first-order chi connectivity index (χ1) is 12.9. The smallest absolute Gasteiger partial charge is 1.00 e. The third kappa shape index (κ3) is 19.6. The molecule has 0 atom stereocenters. The zero-order chi connectivity index (χ0) is 22.9. The van der Waals surface area contributed by atoms with E-state index >= 15 is 0 Å². The maximum atomic E-state index is 12.2. The van der Waals surface area contributed by atoms with Crippen molar-refractivity contribution in [2.45, 2.75) is 60.3 Å². The van der Waals surface area contributed by atoms with Gasteiger partial charge in [0.2, 0.25) is 0 Å². The van der Waals surface area contributed by atoms with Gasteiger partial charge in [-0.05, 0) is 34.3 Å². The topological polar surface area (TPSA) is 77.7 Å². The van der Waals surface area contributed by atoms with Gasteiger partial charge in [0.15, 0.2) is 0 Å². The molecule has 0 spiro atoms. The SMILES string of the molecule is CC(C)c1cccc(C(C)C)c1N=C([O-])C(C)(C)C.C[N-]C.C[N-]C.C[N-]C.[Cl-].[Ta+5]. The molecule has 0 amide bonds. The van der Waals surface area contributed by atoms with E-state index in [0.717, 1.165) is 16.8 Å². The molecule has 0 N–H and O–H groups in total. The van der Waals surface area contributed by atoms with E-state index < -0.39 is 5.41 Å². The van der Waals surface area contributed by atoms with E-state index in [4.69, 9.17) is 0 Å². The number of benzene rings is 1. The fraction of sp³-hybridized carbons (Fsp3) is 0.696. The van der Waals surface area contributed by atoms with Gasteiger partial charge in [0.25, 0.3) is 0 Å².